The second-order valence-electron chi connectivity index (χ2n) is 7.17. The Morgan fingerprint density at radius 3 is 2.71 bits per heavy atom. The number of nitrogens with two attached hydrogens (primary N) is 1. The first-order chi connectivity index (χ1) is 13.3. The molecular weight excluding hydrogens is 359 g/mol. The molecule has 0 aliphatic heterocycles. The molecule has 0 bridgehead atoms. The van der Waals surface area contributed by atoms with Gasteiger partial charge in [0.1, 0.15) is 11.5 Å². The van der Waals surface area contributed by atoms with Gasteiger partial charge in [-0.1, -0.05) is 0 Å². The molecule has 0 saturated heterocycles. The maximum atomic E-state index is 13.7. The highest BCUT2D eigenvalue weighted by Gasteiger charge is 2.14. The van der Waals surface area contributed by atoms with Gasteiger partial charge in [0, 0.05) is 30.7 Å². The average Bonchev–Trinajstić information content (AvgIpc) is 2.65. The number of hydrogen-bond donors (Lipinski definition) is 2. The zero-order valence-electron chi connectivity index (χ0n) is 16.6. The molecule has 0 aliphatic carbocycles. The van der Waals surface area contributed by atoms with Crippen LogP contribution in [0.15, 0.2) is 29.2 Å². The molecule has 3 N–H and O–H groups in total. The number of aromatic nitrogens is 3. The SMILES string of the molecule is Cc1cc(F)c(N)cc1-c1cc2cnc(NCCCN(C)C)nc2n(C)c1=O. The van der Waals surface area contributed by atoms with Gasteiger partial charge in [-0.05, 0) is 63.3 Å². The minimum Gasteiger partial charge on any atom is -0.396 e. The van der Waals surface area contributed by atoms with Crippen molar-refractivity contribution in [2.75, 3.05) is 38.2 Å². The first kappa shape index (κ1) is 19.8. The van der Waals surface area contributed by atoms with E-state index in [9.17, 15) is 9.18 Å². The molecule has 1 aromatic carbocycles. The molecular formula is C20H25FN6O. The molecule has 0 amide bonds. The maximum Gasteiger partial charge on any atom is 0.259 e. The molecule has 0 saturated carbocycles. The number of aryl methyl sites for hydroxylation is 2. The summed E-state index contributed by atoms with van der Waals surface area (Å²) in [7, 11) is 5.71. The van der Waals surface area contributed by atoms with Crippen molar-refractivity contribution in [2.45, 2.75) is 13.3 Å². The van der Waals surface area contributed by atoms with Crippen molar-refractivity contribution in [1.82, 2.24) is 19.4 Å². The van der Waals surface area contributed by atoms with Gasteiger partial charge in [-0.15, -0.1) is 0 Å². The lowest BCUT2D eigenvalue weighted by atomic mass is 10.00. The van der Waals surface area contributed by atoms with Crippen molar-refractivity contribution in [3.8, 4) is 11.1 Å². The van der Waals surface area contributed by atoms with Crippen LogP contribution in [0.5, 0.6) is 0 Å². The predicted molar refractivity (Wildman–Crippen MR) is 111 cm³/mol. The molecule has 2 aromatic heterocycles. The van der Waals surface area contributed by atoms with Crippen molar-refractivity contribution in [3.05, 3.63) is 46.1 Å². The summed E-state index contributed by atoms with van der Waals surface area (Å²) in [4.78, 5) is 23.9. The van der Waals surface area contributed by atoms with E-state index in [0.717, 1.165) is 24.9 Å². The van der Waals surface area contributed by atoms with Crippen LogP contribution in [0.2, 0.25) is 0 Å². The number of rotatable bonds is 6. The second kappa shape index (κ2) is 7.93. The van der Waals surface area contributed by atoms with Crippen LogP contribution in [0, 0.1) is 12.7 Å². The van der Waals surface area contributed by atoms with Gasteiger partial charge in [0.15, 0.2) is 0 Å². The largest absolute Gasteiger partial charge is 0.396 e. The normalized spacial score (nSPS) is 11.4. The Morgan fingerprint density at radius 1 is 1.25 bits per heavy atom. The fourth-order valence-electron chi connectivity index (χ4n) is 3.10. The standard InChI is InChI=1S/C20H25FN6O/c1-12-8-16(21)17(22)10-14(12)15-9-13-11-24-20(23-6-5-7-26(2)3)25-18(13)27(4)19(15)28/h8-11H,5-7,22H2,1-4H3,(H,23,24,25). The third kappa shape index (κ3) is 3.96. The first-order valence-electron chi connectivity index (χ1n) is 9.09. The van der Waals surface area contributed by atoms with Gasteiger partial charge in [0.2, 0.25) is 5.95 Å². The molecule has 2 heterocycles. The number of fused-ring (bicyclic) bond motifs is 1. The summed E-state index contributed by atoms with van der Waals surface area (Å²) < 4.78 is 15.2. The van der Waals surface area contributed by atoms with Gasteiger partial charge in [0.05, 0.1) is 5.69 Å². The number of nitrogen functional groups attached to an aromatic ring is 1. The van der Waals surface area contributed by atoms with Crippen molar-refractivity contribution in [2.24, 2.45) is 7.05 Å². The Morgan fingerprint density at radius 2 is 2.00 bits per heavy atom. The minimum atomic E-state index is -0.493. The van der Waals surface area contributed by atoms with Crippen LogP contribution in [-0.2, 0) is 7.05 Å². The number of benzene rings is 1. The van der Waals surface area contributed by atoms with Crippen LogP contribution in [0.25, 0.3) is 22.2 Å². The molecule has 0 spiro atoms. The number of pyridine rings is 1. The van der Waals surface area contributed by atoms with E-state index in [2.05, 4.69) is 20.2 Å². The lowest BCUT2D eigenvalue weighted by Gasteiger charge is -2.13. The predicted octanol–water partition coefficient (Wildman–Crippen LogP) is 2.39. The molecule has 0 unspecified atom stereocenters. The zero-order valence-corrected chi connectivity index (χ0v) is 16.6. The summed E-state index contributed by atoms with van der Waals surface area (Å²) in [6.45, 7) is 3.45. The molecule has 0 atom stereocenters. The van der Waals surface area contributed by atoms with Gasteiger partial charge in [-0.3, -0.25) is 9.36 Å². The first-order valence-corrected chi connectivity index (χ1v) is 9.09. The van der Waals surface area contributed by atoms with Crippen LogP contribution in [0.1, 0.15) is 12.0 Å². The molecule has 0 radical (unpaired) electrons. The summed E-state index contributed by atoms with van der Waals surface area (Å²) in [5, 5.41) is 3.91. The van der Waals surface area contributed by atoms with E-state index in [-0.39, 0.29) is 11.2 Å². The average molecular weight is 384 g/mol. The summed E-state index contributed by atoms with van der Waals surface area (Å²) >= 11 is 0. The van der Waals surface area contributed by atoms with Gasteiger partial charge in [-0.2, -0.15) is 4.98 Å². The van der Waals surface area contributed by atoms with E-state index in [4.69, 9.17) is 5.73 Å². The van der Waals surface area contributed by atoms with E-state index in [1.807, 2.05) is 14.1 Å². The van der Waals surface area contributed by atoms with E-state index in [1.165, 1.54) is 16.7 Å². The van der Waals surface area contributed by atoms with Gasteiger partial charge < -0.3 is 16.0 Å². The summed E-state index contributed by atoms with van der Waals surface area (Å²) in [6.07, 6.45) is 2.64. The fraction of sp³-hybridized carbons (Fsp3) is 0.350. The molecule has 0 aliphatic rings. The third-order valence-corrected chi connectivity index (χ3v) is 4.65. The van der Waals surface area contributed by atoms with Crippen LogP contribution in [-0.4, -0.2) is 46.6 Å². The van der Waals surface area contributed by atoms with E-state index >= 15 is 0 Å². The molecule has 0 fully saturated rings. The van der Waals surface area contributed by atoms with E-state index in [1.54, 1.807) is 26.2 Å². The highest BCUT2D eigenvalue weighted by atomic mass is 19.1. The van der Waals surface area contributed by atoms with Crippen molar-refractivity contribution < 1.29 is 4.39 Å². The molecule has 7 nitrogen and oxygen atoms in total. The topological polar surface area (TPSA) is 89.1 Å². The molecule has 8 heteroatoms. The molecule has 148 valence electrons. The Bertz CT molecular complexity index is 1080. The highest BCUT2D eigenvalue weighted by molar-refractivity contribution is 5.83. The van der Waals surface area contributed by atoms with Gasteiger partial charge in [0.25, 0.3) is 5.56 Å². The number of anilines is 2. The monoisotopic (exact) mass is 384 g/mol. The van der Waals surface area contributed by atoms with Crippen molar-refractivity contribution in [1.29, 1.82) is 0 Å². The summed E-state index contributed by atoms with van der Waals surface area (Å²) in [6, 6.07) is 4.56. The second-order valence-corrected chi connectivity index (χ2v) is 7.17. The Labute approximate surface area is 163 Å². The van der Waals surface area contributed by atoms with E-state index in [0.29, 0.717) is 28.3 Å². The van der Waals surface area contributed by atoms with Gasteiger partial charge in [-0.25, -0.2) is 9.37 Å². The van der Waals surface area contributed by atoms with Crippen LogP contribution in [0.3, 0.4) is 0 Å². The highest BCUT2D eigenvalue weighted by Crippen LogP contribution is 2.27. The van der Waals surface area contributed by atoms with Crippen LogP contribution in [0.4, 0.5) is 16.0 Å². The summed E-state index contributed by atoms with van der Waals surface area (Å²) in [5.74, 6) is -0.0107. The molecule has 3 rings (SSSR count). The summed E-state index contributed by atoms with van der Waals surface area (Å²) in [5.41, 5.74) is 7.71. The number of nitrogens with zero attached hydrogens (tertiary/aromatic N) is 4. The van der Waals surface area contributed by atoms with Crippen LogP contribution < -0.4 is 16.6 Å². The Kier molecular flexibility index (Phi) is 5.60. The molecule has 3 aromatic rings. The van der Waals surface area contributed by atoms with E-state index < -0.39 is 5.82 Å². The lowest BCUT2D eigenvalue weighted by Crippen LogP contribution is -2.21. The lowest BCUT2D eigenvalue weighted by molar-refractivity contribution is 0.405. The quantitative estimate of drug-likeness (QED) is 0.501. The number of halogens is 1. The Balaban J connectivity index is 1.98. The zero-order chi connectivity index (χ0) is 20.4. The van der Waals surface area contributed by atoms with Gasteiger partial charge >= 0.3 is 0 Å². The third-order valence-electron chi connectivity index (χ3n) is 4.65. The van der Waals surface area contributed by atoms with Crippen molar-refractivity contribution >= 4 is 22.7 Å². The molecule has 28 heavy (non-hydrogen) atoms. The fourth-order valence-corrected chi connectivity index (χ4v) is 3.10. The van der Waals surface area contributed by atoms with Crippen molar-refractivity contribution in [3.63, 3.8) is 0 Å². The minimum absolute atomic E-state index is 0.0104. The number of hydrogen-bond acceptors (Lipinski definition) is 6. The maximum absolute atomic E-state index is 13.7. The van der Waals surface area contributed by atoms with Crippen LogP contribution >= 0.6 is 0 Å². The smallest absolute Gasteiger partial charge is 0.259 e. The Hall–Kier alpha value is -3.00. The number of nitrogens with one attached hydrogen (secondary N) is 1.